The summed E-state index contributed by atoms with van der Waals surface area (Å²) in [4.78, 5) is 16.7. The van der Waals surface area contributed by atoms with Gasteiger partial charge in [0.2, 0.25) is 0 Å². The summed E-state index contributed by atoms with van der Waals surface area (Å²) in [6, 6.07) is 7.23. The van der Waals surface area contributed by atoms with Crippen LogP contribution in [-0.4, -0.2) is 58.1 Å². The first kappa shape index (κ1) is 20.4. The summed E-state index contributed by atoms with van der Waals surface area (Å²) in [5.41, 5.74) is 1.98. The molecule has 3 unspecified atom stereocenters. The zero-order valence-electron chi connectivity index (χ0n) is 16.8. The molecule has 0 aliphatic carbocycles. The standard InChI is InChI=1S/C22H27FN2O3S/c1-3-29-21-20(22(26)27)14(2)9-19(25-17-7-8-18(25)13-28-12-17)24(21)11-15-5-4-6-16(23)10-15/h4-6,9-10,17-19H,3,7-8,11-13H2,1-2H3,(H,26,27). The molecule has 2 saturated heterocycles. The molecule has 0 saturated carbocycles. The maximum Gasteiger partial charge on any atom is 0.338 e. The van der Waals surface area contributed by atoms with E-state index in [1.165, 1.54) is 12.1 Å². The van der Waals surface area contributed by atoms with Crippen molar-refractivity contribution in [2.75, 3.05) is 19.0 Å². The Labute approximate surface area is 175 Å². The van der Waals surface area contributed by atoms with Crippen molar-refractivity contribution in [1.82, 2.24) is 9.80 Å². The summed E-state index contributed by atoms with van der Waals surface area (Å²) in [5.74, 6) is -0.425. The van der Waals surface area contributed by atoms with E-state index in [0.717, 1.165) is 34.8 Å². The number of fused-ring (bicyclic) bond motifs is 2. The second-order valence-electron chi connectivity index (χ2n) is 7.81. The van der Waals surface area contributed by atoms with Crippen molar-refractivity contribution in [3.63, 3.8) is 0 Å². The van der Waals surface area contributed by atoms with Crippen molar-refractivity contribution in [2.24, 2.45) is 0 Å². The lowest BCUT2D eigenvalue weighted by molar-refractivity contribution is -0.132. The Kier molecular flexibility index (Phi) is 5.99. The average molecular weight is 419 g/mol. The van der Waals surface area contributed by atoms with E-state index in [2.05, 4.69) is 15.9 Å². The first-order valence-electron chi connectivity index (χ1n) is 10.1. The molecule has 0 radical (unpaired) electrons. The van der Waals surface area contributed by atoms with Crippen molar-refractivity contribution in [2.45, 2.75) is 51.5 Å². The normalized spacial score (nSPS) is 27.3. The fourth-order valence-corrected chi connectivity index (χ4v) is 5.72. The number of morpholine rings is 1. The number of carbonyl (C=O) groups is 1. The van der Waals surface area contributed by atoms with Crippen LogP contribution in [0.2, 0.25) is 0 Å². The molecule has 3 atom stereocenters. The van der Waals surface area contributed by atoms with Gasteiger partial charge in [-0.3, -0.25) is 4.90 Å². The number of carboxylic acids is 1. The summed E-state index contributed by atoms with van der Waals surface area (Å²) in [6.45, 7) is 5.79. The number of hydrogen-bond acceptors (Lipinski definition) is 5. The fraction of sp³-hybridized carbons (Fsp3) is 0.500. The van der Waals surface area contributed by atoms with Crippen LogP contribution in [0.4, 0.5) is 4.39 Å². The van der Waals surface area contributed by atoms with Gasteiger partial charge in [0.05, 0.1) is 23.8 Å². The van der Waals surface area contributed by atoms with Gasteiger partial charge in [0.1, 0.15) is 12.0 Å². The Morgan fingerprint density at radius 2 is 2.03 bits per heavy atom. The molecule has 4 rings (SSSR count). The van der Waals surface area contributed by atoms with Crippen LogP contribution in [0.3, 0.4) is 0 Å². The molecular formula is C22H27FN2O3S. The zero-order chi connectivity index (χ0) is 20.5. The van der Waals surface area contributed by atoms with E-state index in [0.29, 0.717) is 37.4 Å². The number of benzene rings is 1. The lowest BCUT2D eigenvalue weighted by atomic mass is 10.0. The molecule has 1 aromatic carbocycles. The molecule has 5 nitrogen and oxygen atoms in total. The highest BCUT2D eigenvalue weighted by atomic mass is 32.2. The summed E-state index contributed by atoms with van der Waals surface area (Å²) in [6.07, 6.45) is 4.19. The molecule has 0 amide bonds. The summed E-state index contributed by atoms with van der Waals surface area (Å²) < 4.78 is 19.6. The topological polar surface area (TPSA) is 53.0 Å². The summed E-state index contributed by atoms with van der Waals surface area (Å²) in [7, 11) is 0. The first-order valence-corrected chi connectivity index (χ1v) is 11.1. The van der Waals surface area contributed by atoms with Crippen molar-refractivity contribution < 1.29 is 19.0 Å². The molecule has 1 N–H and O–H groups in total. The molecule has 2 bridgehead atoms. The van der Waals surface area contributed by atoms with Crippen LogP contribution in [0.5, 0.6) is 0 Å². The van der Waals surface area contributed by atoms with Crippen LogP contribution >= 0.6 is 11.8 Å². The largest absolute Gasteiger partial charge is 0.478 e. The lowest BCUT2D eigenvalue weighted by Crippen LogP contribution is -2.57. The van der Waals surface area contributed by atoms with Crippen molar-refractivity contribution in [3.8, 4) is 0 Å². The van der Waals surface area contributed by atoms with E-state index in [9.17, 15) is 14.3 Å². The molecular weight excluding hydrogens is 391 g/mol. The van der Waals surface area contributed by atoms with Gasteiger partial charge < -0.3 is 14.7 Å². The predicted octanol–water partition coefficient (Wildman–Crippen LogP) is 3.83. The van der Waals surface area contributed by atoms with E-state index >= 15 is 0 Å². The molecule has 29 heavy (non-hydrogen) atoms. The second-order valence-corrected chi connectivity index (χ2v) is 9.06. The number of aliphatic carboxylic acids is 1. The maximum atomic E-state index is 13.9. The number of thioether (sulfide) groups is 1. The predicted molar refractivity (Wildman–Crippen MR) is 112 cm³/mol. The van der Waals surface area contributed by atoms with Gasteiger partial charge in [-0.25, -0.2) is 9.18 Å². The van der Waals surface area contributed by atoms with Gasteiger partial charge in [-0.2, -0.15) is 0 Å². The molecule has 3 heterocycles. The van der Waals surface area contributed by atoms with E-state index in [1.807, 2.05) is 19.9 Å². The molecule has 2 fully saturated rings. The third-order valence-electron chi connectivity index (χ3n) is 5.93. The van der Waals surface area contributed by atoms with Crippen molar-refractivity contribution >= 4 is 17.7 Å². The lowest BCUT2D eigenvalue weighted by Gasteiger charge is -2.47. The Morgan fingerprint density at radius 3 is 2.66 bits per heavy atom. The Balaban J connectivity index is 1.77. The van der Waals surface area contributed by atoms with E-state index in [-0.39, 0.29) is 12.0 Å². The quantitative estimate of drug-likeness (QED) is 0.758. The third-order valence-corrected chi connectivity index (χ3v) is 6.93. The van der Waals surface area contributed by atoms with Crippen LogP contribution in [0, 0.1) is 5.82 Å². The van der Waals surface area contributed by atoms with Gasteiger partial charge in [0.25, 0.3) is 0 Å². The molecule has 0 spiro atoms. The Bertz CT molecular complexity index is 840. The smallest absolute Gasteiger partial charge is 0.338 e. The van der Waals surface area contributed by atoms with Gasteiger partial charge in [0, 0.05) is 18.6 Å². The van der Waals surface area contributed by atoms with Gasteiger partial charge in [-0.15, -0.1) is 11.8 Å². The molecule has 7 heteroatoms. The van der Waals surface area contributed by atoms with Crippen LogP contribution in [-0.2, 0) is 16.1 Å². The number of carboxylic acid groups (broad SMARTS) is 1. The monoisotopic (exact) mass is 418 g/mol. The minimum Gasteiger partial charge on any atom is -0.478 e. The summed E-state index contributed by atoms with van der Waals surface area (Å²) >= 11 is 1.55. The van der Waals surface area contributed by atoms with Crippen LogP contribution in [0.25, 0.3) is 0 Å². The van der Waals surface area contributed by atoms with Gasteiger partial charge >= 0.3 is 5.97 Å². The van der Waals surface area contributed by atoms with Gasteiger partial charge in [-0.05, 0) is 54.9 Å². The van der Waals surface area contributed by atoms with Crippen LogP contribution < -0.4 is 0 Å². The molecule has 3 aliphatic rings. The van der Waals surface area contributed by atoms with E-state index in [4.69, 9.17) is 4.74 Å². The van der Waals surface area contributed by atoms with Crippen molar-refractivity contribution in [1.29, 1.82) is 0 Å². The SMILES string of the molecule is CCSC1=C(C(=O)O)C(C)=CC(N2C3CCC2COC3)N1Cc1cccc(F)c1. The highest BCUT2D eigenvalue weighted by Gasteiger charge is 2.45. The number of nitrogens with zero attached hydrogens (tertiary/aromatic N) is 2. The minimum absolute atomic E-state index is 0.0585. The maximum absolute atomic E-state index is 13.9. The van der Waals surface area contributed by atoms with Gasteiger partial charge in [0.15, 0.2) is 0 Å². The Hall–Kier alpha value is -1.83. The highest BCUT2D eigenvalue weighted by molar-refractivity contribution is 8.03. The minimum atomic E-state index is -0.914. The van der Waals surface area contributed by atoms with Crippen LogP contribution in [0.15, 0.2) is 46.5 Å². The number of hydrogen-bond donors (Lipinski definition) is 1. The zero-order valence-corrected chi connectivity index (χ0v) is 17.6. The average Bonchev–Trinajstić information content (AvgIpc) is 2.91. The third kappa shape index (κ3) is 3.96. The first-order chi connectivity index (χ1) is 14.0. The molecule has 0 aromatic heterocycles. The van der Waals surface area contributed by atoms with Gasteiger partial charge in [-0.1, -0.05) is 19.1 Å². The van der Waals surface area contributed by atoms with E-state index < -0.39 is 5.97 Å². The molecule has 1 aromatic rings. The highest BCUT2D eigenvalue weighted by Crippen LogP contribution is 2.41. The van der Waals surface area contributed by atoms with Crippen molar-refractivity contribution in [3.05, 3.63) is 57.9 Å². The van der Waals surface area contributed by atoms with E-state index in [1.54, 1.807) is 17.8 Å². The van der Waals surface area contributed by atoms with Crippen LogP contribution in [0.1, 0.15) is 32.3 Å². The molecule has 156 valence electrons. The Morgan fingerprint density at radius 1 is 1.31 bits per heavy atom. The second kappa shape index (κ2) is 8.50. The number of rotatable bonds is 6. The summed E-state index contributed by atoms with van der Waals surface area (Å²) in [5, 5.41) is 10.7. The fourth-order valence-electron chi connectivity index (χ4n) is 4.72. The molecule has 3 aliphatic heterocycles. The number of halogens is 1. The number of ether oxygens (including phenoxy) is 1.